The van der Waals surface area contributed by atoms with Crippen molar-refractivity contribution in [3.63, 3.8) is 0 Å². The third-order valence-electron chi connectivity index (χ3n) is 3.01. The fourth-order valence-electron chi connectivity index (χ4n) is 1.87. The van der Waals surface area contributed by atoms with Gasteiger partial charge < -0.3 is 4.74 Å². The summed E-state index contributed by atoms with van der Waals surface area (Å²) in [7, 11) is 0. The summed E-state index contributed by atoms with van der Waals surface area (Å²) in [5.41, 5.74) is 1.30. The van der Waals surface area contributed by atoms with E-state index in [1.807, 2.05) is 12.1 Å². The molecule has 0 heterocycles. The number of rotatable bonds is 7. The van der Waals surface area contributed by atoms with Crippen LogP contribution in [0, 0.1) is 0 Å². The molecule has 0 amide bonds. The van der Waals surface area contributed by atoms with Crippen molar-refractivity contribution in [2.45, 2.75) is 27.3 Å². The van der Waals surface area contributed by atoms with Gasteiger partial charge in [-0.3, -0.25) is 9.69 Å². The summed E-state index contributed by atoms with van der Waals surface area (Å²) in [4.78, 5) is 25.7. The lowest BCUT2D eigenvalue weighted by atomic mass is 10.0. The molecule has 104 valence electrons. The molecule has 0 saturated heterocycles. The summed E-state index contributed by atoms with van der Waals surface area (Å²) in [6, 6.07) is 7.20. The molecule has 0 aromatic heterocycles. The fraction of sp³-hybridized carbons (Fsp3) is 0.467. The third-order valence-corrected chi connectivity index (χ3v) is 3.01. The number of carbonyl (C=O) groups excluding carboxylic acids is 2. The number of carbonyl (C=O) groups is 2. The molecule has 0 unspecified atom stereocenters. The predicted octanol–water partition coefficient (Wildman–Crippen LogP) is 2.27. The molecule has 0 bridgehead atoms. The van der Waals surface area contributed by atoms with Crippen LogP contribution in [0.15, 0.2) is 24.3 Å². The van der Waals surface area contributed by atoms with Crippen molar-refractivity contribution in [2.75, 3.05) is 19.7 Å². The second-order valence-corrected chi connectivity index (χ2v) is 4.17. The van der Waals surface area contributed by atoms with Gasteiger partial charge in [-0.05, 0) is 25.6 Å². The lowest BCUT2D eigenvalue weighted by Gasteiger charge is -2.19. The van der Waals surface area contributed by atoms with E-state index < -0.39 is 11.8 Å². The first-order valence-electron chi connectivity index (χ1n) is 6.65. The van der Waals surface area contributed by atoms with E-state index in [1.165, 1.54) is 0 Å². The summed E-state index contributed by atoms with van der Waals surface area (Å²) >= 11 is 0. The summed E-state index contributed by atoms with van der Waals surface area (Å²) in [5, 5.41) is 0. The molecule has 0 saturated carbocycles. The Morgan fingerprint density at radius 3 is 2.32 bits per heavy atom. The Kier molecular flexibility index (Phi) is 6.22. The van der Waals surface area contributed by atoms with Gasteiger partial charge in [0.2, 0.25) is 0 Å². The van der Waals surface area contributed by atoms with Crippen molar-refractivity contribution in [1.82, 2.24) is 4.90 Å². The molecule has 1 aromatic rings. The highest BCUT2D eigenvalue weighted by molar-refractivity contribution is 6.41. The zero-order valence-electron chi connectivity index (χ0n) is 11.8. The molecule has 0 aliphatic carbocycles. The molecule has 0 radical (unpaired) electrons. The van der Waals surface area contributed by atoms with Crippen LogP contribution in [-0.2, 0) is 16.1 Å². The van der Waals surface area contributed by atoms with Crippen LogP contribution in [0.4, 0.5) is 0 Å². The van der Waals surface area contributed by atoms with E-state index in [0.717, 1.165) is 18.7 Å². The number of Topliss-reactive ketones (excluding diaryl/α,β-unsaturated/α-hetero) is 1. The molecule has 4 nitrogen and oxygen atoms in total. The van der Waals surface area contributed by atoms with Gasteiger partial charge in [0, 0.05) is 12.1 Å². The quantitative estimate of drug-likeness (QED) is 0.430. The summed E-state index contributed by atoms with van der Waals surface area (Å²) in [6.45, 7) is 8.50. The topological polar surface area (TPSA) is 46.6 Å². The highest BCUT2D eigenvalue weighted by Crippen LogP contribution is 2.13. The standard InChI is InChI=1S/C15H21NO3/c1-4-16(5-2)11-12-9-7-8-10-13(12)14(17)15(18)19-6-3/h7-10H,4-6,11H2,1-3H3. The van der Waals surface area contributed by atoms with Gasteiger partial charge in [-0.2, -0.15) is 0 Å². The highest BCUT2D eigenvalue weighted by Gasteiger charge is 2.20. The number of hydrogen-bond acceptors (Lipinski definition) is 4. The number of benzene rings is 1. The molecule has 1 rings (SSSR count). The first-order valence-corrected chi connectivity index (χ1v) is 6.65. The molecular weight excluding hydrogens is 242 g/mol. The van der Waals surface area contributed by atoms with Gasteiger partial charge in [-0.1, -0.05) is 38.1 Å². The Hall–Kier alpha value is -1.68. The summed E-state index contributed by atoms with van der Waals surface area (Å²) in [5.74, 6) is -1.35. The van der Waals surface area contributed by atoms with Crippen molar-refractivity contribution in [3.8, 4) is 0 Å². The van der Waals surface area contributed by atoms with Gasteiger partial charge >= 0.3 is 5.97 Å². The lowest BCUT2D eigenvalue weighted by molar-refractivity contribution is -0.137. The van der Waals surface area contributed by atoms with Crippen LogP contribution >= 0.6 is 0 Å². The first kappa shape index (κ1) is 15.4. The first-order chi connectivity index (χ1) is 9.13. The summed E-state index contributed by atoms with van der Waals surface area (Å²) in [6.07, 6.45) is 0. The molecule has 0 N–H and O–H groups in total. The van der Waals surface area contributed by atoms with Crippen molar-refractivity contribution < 1.29 is 14.3 Å². The zero-order chi connectivity index (χ0) is 14.3. The molecule has 0 fully saturated rings. The van der Waals surface area contributed by atoms with Gasteiger partial charge in [0.05, 0.1) is 6.61 Å². The molecule has 0 spiro atoms. The van der Waals surface area contributed by atoms with Crippen molar-refractivity contribution in [3.05, 3.63) is 35.4 Å². The van der Waals surface area contributed by atoms with Crippen molar-refractivity contribution >= 4 is 11.8 Å². The monoisotopic (exact) mass is 263 g/mol. The normalized spacial score (nSPS) is 10.5. The van der Waals surface area contributed by atoms with Crippen LogP contribution in [0.1, 0.15) is 36.7 Å². The second-order valence-electron chi connectivity index (χ2n) is 4.17. The van der Waals surface area contributed by atoms with Crippen molar-refractivity contribution in [2.24, 2.45) is 0 Å². The van der Waals surface area contributed by atoms with E-state index in [0.29, 0.717) is 12.1 Å². The minimum atomic E-state index is -0.783. The summed E-state index contributed by atoms with van der Waals surface area (Å²) < 4.78 is 4.77. The maximum atomic E-state index is 12.0. The molecule has 1 aromatic carbocycles. The third kappa shape index (κ3) is 4.17. The lowest BCUT2D eigenvalue weighted by Crippen LogP contribution is -2.25. The number of ketones is 1. The second kappa shape index (κ2) is 7.69. The molecule has 19 heavy (non-hydrogen) atoms. The van der Waals surface area contributed by atoms with E-state index in [4.69, 9.17) is 4.74 Å². The average Bonchev–Trinajstić information content (AvgIpc) is 2.44. The van der Waals surface area contributed by atoms with Crippen LogP contribution in [0.3, 0.4) is 0 Å². The van der Waals surface area contributed by atoms with Crippen LogP contribution in [0.25, 0.3) is 0 Å². The predicted molar refractivity (Wildman–Crippen MR) is 74.0 cm³/mol. The molecule has 0 aliphatic heterocycles. The molecular formula is C15H21NO3. The number of nitrogens with zero attached hydrogens (tertiary/aromatic N) is 1. The Labute approximate surface area is 114 Å². The van der Waals surface area contributed by atoms with Crippen LogP contribution in [-0.4, -0.2) is 36.3 Å². The Balaban J connectivity index is 2.95. The molecule has 0 atom stereocenters. The van der Waals surface area contributed by atoms with E-state index in [9.17, 15) is 9.59 Å². The highest BCUT2D eigenvalue weighted by atomic mass is 16.5. The average molecular weight is 263 g/mol. The van der Waals surface area contributed by atoms with Gasteiger partial charge in [-0.25, -0.2) is 4.79 Å². The maximum absolute atomic E-state index is 12.0. The number of esters is 1. The van der Waals surface area contributed by atoms with Crippen LogP contribution in [0.5, 0.6) is 0 Å². The van der Waals surface area contributed by atoms with E-state index in [2.05, 4.69) is 18.7 Å². The SMILES string of the molecule is CCOC(=O)C(=O)c1ccccc1CN(CC)CC. The number of hydrogen-bond donors (Lipinski definition) is 0. The smallest absolute Gasteiger partial charge is 0.379 e. The van der Waals surface area contributed by atoms with E-state index >= 15 is 0 Å². The van der Waals surface area contributed by atoms with Gasteiger partial charge in [0.1, 0.15) is 0 Å². The molecule has 4 heteroatoms. The minimum absolute atomic E-state index is 0.211. The van der Waals surface area contributed by atoms with Crippen molar-refractivity contribution in [1.29, 1.82) is 0 Å². The van der Waals surface area contributed by atoms with Gasteiger partial charge in [0.15, 0.2) is 0 Å². The Morgan fingerprint density at radius 1 is 1.11 bits per heavy atom. The maximum Gasteiger partial charge on any atom is 0.379 e. The fourth-order valence-corrected chi connectivity index (χ4v) is 1.87. The Morgan fingerprint density at radius 2 is 1.74 bits per heavy atom. The largest absolute Gasteiger partial charge is 0.460 e. The molecule has 0 aliphatic rings. The zero-order valence-corrected chi connectivity index (χ0v) is 11.8. The van der Waals surface area contributed by atoms with Gasteiger partial charge in [-0.15, -0.1) is 0 Å². The van der Waals surface area contributed by atoms with E-state index in [1.54, 1.807) is 19.1 Å². The number of ether oxygens (including phenoxy) is 1. The minimum Gasteiger partial charge on any atom is -0.460 e. The van der Waals surface area contributed by atoms with Crippen LogP contribution in [0.2, 0.25) is 0 Å². The van der Waals surface area contributed by atoms with Crippen LogP contribution < -0.4 is 0 Å². The Bertz CT molecular complexity index is 439. The van der Waals surface area contributed by atoms with E-state index in [-0.39, 0.29) is 6.61 Å². The van der Waals surface area contributed by atoms with Gasteiger partial charge in [0.25, 0.3) is 5.78 Å².